The number of rotatable bonds is 4. The summed E-state index contributed by atoms with van der Waals surface area (Å²) >= 11 is 0. The molecule has 1 heterocycles. The van der Waals surface area contributed by atoms with Crippen molar-refractivity contribution in [3.8, 4) is 0 Å². The average molecular weight is 295 g/mol. The Kier molecular flexibility index (Phi) is 4.74. The Balaban J connectivity index is 1.96. The van der Waals surface area contributed by atoms with Gasteiger partial charge in [-0.15, -0.1) is 0 Å². The second-order valence-corrected chi connectivity index (χ2v) is 4.98. The first kappa shape index (κ1) is 15.2. The fraction of sp³-hybridized carbons (Fsp3) is 0.429. The Bertz CT molecular complexity index is 521. The van der Waals surface area contributed by atoms with Crippen molar-refractivity contribution in [2.24, 2.45) is 0 Å². The maximum Gasteiger partial charge on any atom is 0.317 e. The number of likely N-dealkylation sites (N-methyl/N-ethyl adjacent to an activating group) is 1. The molecule has 2 rings (SSSR count). The Morgan fingerprint density at radius 2 is 2.14 bits per heavy atom. The fourth-order valence-electron chi connectivity index (χ4n) is 2.21. The third-order valence-electron chi connectivity index (χ3n) is 3.37. The third-order valence-corrected chi connectivity index (χ3v) is 3.37. The van der Waals surface area contributed by atoms with Gasteiger partial charge in [0.05, 0.1) is 12.6 Å². The number of carbonyl (C=O) groups is 2. The topological polar surface area (TPSA) is 72.9 Å². The fourth-order valence-corrected chi connectivity index (χ4v) is 2.21. The first-order valence-corrected chi connectivity index (χ1v) is 6.69. The van der Waals surface area contributed by atoms with E-state index in [1.165, 1.54) is 34.1 Å². The molecule has 2 N–H and O–H groups in total. The van der Waals surface area contributed by atoms with Gasteiger partial charge >= 0.3 is 6.03 Å². The highest BCUT2D eigenvalue weighted by atomic mass is 19.1. The maximum atomic E-state index is 12.9. The van der Waals surface area contributed by atoms with Crippen LogP contribution in [0.2, 0.25) is 0 Å². The molecule has 6 nitrogen and oxygen atoms in total. The van der Waals surface area contributed by atoms with Crippen molar-refractivity contribution in [2.45, 2.75) is 12.5 Å². The van der Waals surface area contributed by atoms with E-state index in [0.717, 1.165) is 0 Å². The number of nitrogens with zero attached hydrogens (tertiary/aromatic N) is 2. The van der Waals surface area contributed by atoms with Gasteiger partial charge in [-0.1, -0.05) is 0 Å². The number of halogens is 1. The largest absolute Gasteiger partial charge is 0.395 e. The number of carbonyl (C=O) groups excluding carboxylic acids is 2. The molecular formula is C14H18FN3O3. The quantitative estimate of drug-likeness (QED) is 0.852. The van der Waals surface area contributed by atoms with E-state index >= 15 is 0 Å². The van der Waals surface area contributed by atoms with E-state index in [0.29, 0.717) is 12.2 Å². The SMILES string of the molecule is CN(CCO)C(=O)N[C@H]1CC(=O)N(c2ccc(F)cc2)C1. The van der Waals surface area contributed by atoms with Crippen LogP contribution in [0.15, 0.2) is 24.3 Å². The summed E-state index contributed by atoms with van der Waals surface area (Å²) in [6.07, 6.45) is 0.204. The molecule has 0 aliphatic carbocycles. The molecule has 1 aromatic rings. The standard InChI is InChI=1S/C14H18FN3O3/c1-17(6-7-19)14(21)16-11-8-13(20)18(9-11)12-4-2-10(15)3-5-12/h2-5,11,19H,6-9H2,1H3,(H,16,21)/t11-/m0/s1. The van der Waals surface area contributed by atoms with Crippen LogP contribution in [0, 0.1) is 5.82 Å². The van der Waals surface area contributed by atoms with E-state index in [-0.39, 0.29) is 43.4 Å². The van der Waals surface area contributed by atoms with Crippen LogP contribution in [0.1, 0.15) is 6.42 Å². The summed E-state index contributed by atoms with van der Waals surface area (Å²) in [6, 6.07) is 5.04. The van der Waals surface area contributed by atoms with Crippen molar-refractivity contribution in [1.82, 2.24) is 10.2 Å². The third kappa shape index (κ3) is 3.69. The lowest BCUT2D eigenvalue weighted by atomic mass is 10.2. The Labute approximate surface area is 122 Å². The lowest BCUT2D eigenvalue weighted by Crippen LogP contribution is -2.45. The average Bonchev–Trinajstić information content (AvgIpc) is 2.80. The second kappa shape index (κ2) is 6.53. The molecule has 0 unspecified atom stereocenters. The lowest BCUT2D eigenvalue weighted by molar-refractivity contribution is -0.117. The summed E-state index contributed by atoms with van der Waals surface area (Å²) < 4.78 is 12.9. The number of hydrogen-bond acceptors (Lipinski definition) is 3. The minimum absolute atomic E-state index is 0.114. The summed E-state index contributed by atoms with van der Waals surface area (Å²) in [4.78, 5) is 26.7. The first-order valence-electron chi connectivity index (χ1n) is 6.69. The molecule has 7 heteroatoms. The molecule has 1 saturated heterocycles. The number of urea groups is 1. The monoisotopic (exact) mass is 295 g/mol. The van der Waals surface area contributed by atoms with Crippen LogP contribution in [0.3, 0.4) is 0 Å². The van der Waals surface area contributed by atoms with Gasteiger partial charge in [0.15, 0.2) is 0 Å². The van der Waals surface area contributed by atoms with Gasteiger partial charge < -0.3 is 20.2 Å². The van der Waals surface area contributed by atoms with Crippen LogP contribution in [-0.2, 0) is 4.79 Å². The maximum absolute atomic E-state index is 12.9. The number of nitrogens with one attached hydrogen (secondary N) is 1. The Hall–Kier alpha value is -2.15. The zero-order valence-electron chi connectivity index (χ0n) is 11.8. The zero-order chi connectivity index (χ0) is 15.4. The van der Waals surface area contributed by atoms with Crippen LogP contribution in [-0.4, -0.2) is 54.7 Å². The van der Waals surface area contributed by atoms with E-state index in [1.54, 1.807) is 7.05 Å². The predicted octanol–water partition coefficient (Wildman–Crippen LogP) is 0.565. The molecule has 1 aliphatic heterocycles. The Morgan fingerprint density at radius 1 is 1.48 bits per heavy atom. The summed E-state index contributed by atoms with van der Waals surface area (Å²) in [5.41, 5.74) is 0.613. The number of benzene rings is 1. The number of aliphatic hydroxyl groups excluding tert-OH is 1. The van der Waals surface area contributed by atoms with Gasteiger partial charge in [0, 0.05) is 32.2 Å². The van der Waals surface area contributed by atoms with Gasteiger partial charge in [-0.25, -0.2) is 9.18 Å². The van der Waals surface area contributed by atoms with Crippen molar-refractivity contribution in [1.29, 1.82) is 0 Å². The number of hydrogen-bond donors (Lipinski definition) is 2. The number of aliphatic hydroxyl groups is 1. The molecule has 0 radical (unpaired) electrons. The van der Waals surface area contributed by atoms with Crippen molar-refractivity contribution < 1.29 is 19.1 Å². The van der Waals surface area contributed by atoms with Crippen molar-refractivity contribution in [3.05, 3.63) is 30.1 Å². The first-order chi connectivity index (χ1) is 10.0. The van der Waals surface area contributed by atoms with Crippen molar-refractivity contribution >= 4 is 17.6 Å². The smallest absolute Gasteiger partial charge is 0.317 e. The molecule has 1 aromatic carbocycles. The Morgan fingerprint density at radius 3 is 2.76 bits per heavy atom. The van der Waals surface area contributed by atoms with Crippen LogP contribution < -0.4 is 10.2 Å². The molecule has 0 spiro atoms. The molecule has 21 heavy (non-hydrogen) atoms. The molecule has 0 aromatic heterocycles. The molecule has 1 fully saturated rings. The van der Waals surface area contributed by atoms with E-state index in [9.17, 15) is 14.0 Å². The summed E-state index contributed by atoms with van der Waals surface area (Å²) in [5.74, 6) is -0.474. The van der Waals surface area contributed by atoms with Gasteiger partial charge in [-0.3, -0.25) is 4.79 Å². The minimum atomic E-state index is -0.360. The highest BCUT2D eigenvalue weighted by molar-refractivity contribution is 5.96. The lowest BCUT2D eigenvalue weighted by Gasteiger charge is -2.20. The summed E-state index contributed by atoms with van der Waals surface area (Å²) in [5, 5.41) is 11.5. The van der Waals surface area contributed by atoms with Crippen LogP contribution in [0.4, 0.5) is 14.9 Å². The predicted molar refractivity (Wildman–Crippen MR) is 75.4 cm³/mol. The molecule has 3 amide bonds. The van der Waals surface area contributed by atoms with E-state index in [2.05, 4.69) is 5.32 Å². The van der Waals surface area contributed by atoms with Gasteiger partial charge in [0.1, 0.15) is 5.82 Å². The van der Waals surface area contributed by atoms with E-state index in [4.69, 9.17) is 5.11 Å². The second-order valence-electron chi connectivity index (χ2n) is 4.98. The molecule has 114 valence electrons. The van der Waals surface area contributed by atoms with Crippen LogP contribution in [0.25, 0.3) is 0 Å². The zero-order valence-corrected chi connectivity index (χ0v) is 11.8. The van der Waals surface area contributed by atoms with Crippen LogP contribution >= 0.6 is 0 Å². The minimum Gasteiger partial charge on any atom is -0.395 e. The molecular weight excluding hydrogens is 277 g/mol. The van der Waals surface area contributed by atoms with Crippen LogP contribution in [0.5, 0.6) is 0 Å². The van der Waals surface area contributed by atoms with Crippen molar-refractivity contribution in [3.63, 3.8) is 0 Å². The molecule has 1 aliphatic rings. The summed E-state index contributed by atoms with van der Waals surface area (Å²) in [6.45, 7) is 0.465. The van der Waals surface area contributed by atoms with E-state index < -0.39 is 0 Å². The molecule has 1 atom stereocenters. The number of amides is 3. The molecule has 0 saturated carbocycles. The highest BCUT2D eigenvalue weighted by Gasteiger charge is 2.32. The van der Waals surface area contributed by atoms with Gasteiger partial charge in [-0.05, 0) is 24.3 Å². The molecule has 0 bridgehead atoms. The van der Waals surface area contributed by atoms with Gasteiger partial charge in [-0.2, -0.15) is 0 Å². The highest BCUT2D eigenvalue weighted by Crippen LogP contribution is 2.21. The van der Waals surface area contributed by atoms with Gasteiger partial charge in [0.25, 0.3) is 0 Å². The van der Waals surface area contributed by atoms with Gasteiger partial charge in [0.2, 0.25) is 5.91 Å². The van der Waals surface area contributed by atoms with Crippen molar-refractivity contribution in [2.75, 3.05) is 31.6 Å². The van der Waals surface area contributed by atoms with E-state index in [1.807, 2.05) is 0 Å². The summed E-state index contributed by atoms with van der Waals surface area (Å²) in [7, 11) is 1.57. The normalized spacial score (nSPS) is 18.0. The number of anilines is 1.